The summed E-state index contributed by atoms with van der Waals surface area (Å²) in [5.41, 5.74) is 5.00. The topological polar surface area (TPSA) is 55.1 Å². The number of nitrogens with one attached hydrogen (secondary N) is 1. The maximum atomic E-state index is 13.9. The minimum atomic E-state index is -0.722. The van der Waals surface area contributed by atoms with Gasteiger partial charge >= 0.3 is 0 Å². The molecule has 3 N–H and O–H groups in total. The van der Waals surface area contributed by atoms with Gasteiger partial charge in [0.15, 0.2) is 5.82 Å². The summed E-state index contributed by atoms with van der Waals surface area (Å²) in [6, 6.07) is 4.33. The summed E-state index contributed by atoms with van der Waals surface area (Å²) in [6.45, 7) is 0. The minimum absolute atomic E-state index is 0.0781. The van der Waals surface area contributed by atoms with Crippen LogP contribution in [0.2, 0.25) is 5.02 Å². The molecule has 0 unspecified atom stereocenters. The van der Waals surface area contributed by atoms with Gasteiger partial charge in [-0.1, -0.05) is 49.1 Å². The molecule has 2 rings (SSSR count). The molecule has 0 aliphatic heterocycles. The van der Waals surface area contributed by atoms with E-state index in [9.17, 15) is 9.18 Å². The SMILES string of the molecule is NC(=S)C1(NC(=O)c2cccc(Cl)c2F)CCCCC1. The van der Waals surface area contributed by atoms with Gasteiger partial charge in [-0.3, -0.25) is 4.79 Å². The Kier molecular flexibility index (Phi) is 4.60. The highest BCUT2D eigenvalue weighted by Gasteiger charge is 2.37. The summed E-state index contributed by atoms with van der Waals surface area (Å²) in [4.78, 5) is 12.5. The number of thiocarbonyl (C=S) groups is 1. The average molecular weight is 315 g/mol. The van der Waals surface area contributed by atoms with Crippen LogP contribution in [-0.4, -0.2) is 16.4 Å². The van der Waals surface area contributed by atoms with Gasteiger partial charge in [0.25, 0.3) is 5.91 Å². The van der Waals surface area contributed by atoms with Gasteiger partial charge in [0.2, 0.25) is 0 Å². The third-order valence-electron chi connectivity index (χ3n) is 3.73. The van der Waals surface area contributed by atoms with Crippen LogP contribution in [-0.2, 0) is 0 Å². The number of carbonyl (C=O) groups excluding carboxylic acids is 1. The predicted molar refractivity (Wildman–Crippen MR) is 81.5 cm³/mol. The third-order valence-corrected chi connectivity index (χ3v) is 4.41. The van der Waals surface area contributed by atoms with Crippen LogP contribution in [0.1, 0.15) is 42.5 Å². The first-order chi connectivity index (χ1) is 9.46. The van der Waals surface area contributed by atoms with Crippen molar-refractivity contribution in [1.82, 2.24) is 5.32 Å². The second-order valence-corrected chi connectivity index (χ2v) is 5.91. The zero-order valence-electron chi connectivity index (χ0n) is 10.9. The molecule has 1 aromatic carbocycles. The van der Waals surface area contributed by atoms with Crippen molar-refractivity contribution >= 4 is 34.7 Å². The summed E-state index contributed by atoms with van der Waals surface area (Å²) in [7, 11) is 0. The summed E-state index contributed by atoms with van der Waals surface area (Å²) in [5.74, 6) is -1.25. The van der Waals surface area contributed by atoms with Gasteiger partial charge in [0.1, 0.15) is 0 Å². The first-order valence-electron chi connectivity index (χ1n) is 6.53. The summed E-state index contributed by atoms with van der Waals surface area (Å²) in [5, 5.41) is 2.73. The van der Waals surface area contributed by atoms with Crippen LogP contribution in [0.4, 0.5) is 4.39 Å². The van der Waals surface area contributed by atoms with Crippen molar-refractivity contribution < 1.29 is 9.18 Å². The van der Waals surface area contributed by atoms with E-state index in [1.165, 1.54) is 18.2 Å². The standard InChI is InChI=1S/C14H16ClFN2OS/c15-10-6-4-5-9(11(10)16)12(19)18-14(13(17)20)7-2-1-3-8-14/h4-6H,1-3,7-8H2,(H2,17,20)(H,18,19). The zero-order chi connectivity index (χ0) is 14.8. The maximum absolute atomic E-state index is 13.9. The number of hydrogen-bond acceptors (Lipinski definition) is 2. The van der Waals surface area contributed by atoms with E-state index in [2.05, 4.69) is 5.32 Å². The molecule has 0 bridgehead atoms. The molecule has 6 heteroatoms. The molecule has 3 nitrogen and oxygen atoms in total. The fourth-order valence-electron chi connectivity index (χ4n) is 2.55. The predicted octanol–water partition coefficient (Wildman–Crippen LogP) is 3.20. The van der Waals surface area contributed by atoms with Crippen LogP contribution >= 0.6 is 23.8 Å². The molecular formula is C14H16ClFN2OS. The smallest absolute Gasteiger partial charge is 0.255 e. The number of halogens is 2. The van der Waals surface area contributed by atoms with Crippen molar-refractivity contribution in [3.8, 4) is 0 Å². The van der Waals surface area contributed by atoms with Crippen LogP contribution in [0.25, 0.3) is 0 Å². The molecule has 108 valence electrons. The van der Waals surface area contributed by atoms with E-state index < -0.39 is 17.3 Å². The Morgan fingerprint density at radius 2 is 2.00 bits per heavy atom. The summed E-state index contributed by atoms with van der Waals surface area (Å²) >= 11 is 10.8. The Balaban J connectivity index is 2.25. The molecule has 1 saturated carbocycles. The monoisotopic (exact) mass is 314 g/mol. The van der Waals surface area contributed by atoms with E-state index in [-0.39, 0.29) is 15.6 Å². The number of carbonyl (C=O) groups is 1. The van der Waals surface area contributed by atoms with E-state index >= 15 is 0 Å². The third kappa shape index (κ3) is 2.94. The van der Waals surface area contributed by atoms with Crippen molar-refractivity contribution in [1.29, 1.82) is 0 Å². The van der Waals surface area contributed by atoms with Gasteiger partial charge in [-0.2, -0.15) is 0 Å². The number of amides is 1. The fourth-order valence-corrected chi connectivity index (χ4v) is 2.98. The van der Waals surface area contributed by atoms with Crippen LogP contribution in [0.3, 0.4) is 0 Å². The summed E-state index contributed by atoms with van der Waals surface area (Å²) in [6.07, 6.45) is 4.35. The molecular weight excluding hydrogens is 299 g/mol. The van der Waals surface area contributed by atoms with Gasteiger partial charge in [-0.25, -0.2) is 4.39 Å². The Bertz CT molecular complexity index is 544. The van der Waals surface area contributed by atoms with Crippen LogP contribution < -0.4 is 11.1 Å². The lowest BCUT2D eigenvalue weighted by molar-refractivity contribution is 0.0904. The fraction of sp³-hybridized carbons (Fsp3) is 0.429. The summed E-state index contributed by atoms with van der Waals surface area (Å²) < 4.78 is 13.9. The lowest BCUT2D eigenvalue weighted by Gasteiger charge is -2.37. The van der Waals surface area contributed by atoms with Gasteiger partial charge < -0.3 is 11.1 Å². The highest BCUT2D eigenvalue weighted by Crippen LogP contribution is 2.29. The first kappa shape index (κ1) is 15.2. The lowest BCUT2D eigenvalue weighted by Crippen LogP contribution is -2.57. The average Bonchev–Trinajstić information content (AvgIpc) is 2.42. The van der Waals surface area contributed by atoms with Gasteiger partial charge in [0.05, 0.1) is 21.1 Å². The van der Waals surface area contributed by atoms with Crippen LogP contribution in [0, 0.1) is 5.82 Å². The molecule has 1 fully saturated rings. The van der Waals surface area contributed by atoms with Crippen molar-refractivity contribution in [3.63, 3.8) is 0 Å². The Morgan fingerprint density at radius 1 is 1.35 bits per heavy atom. The molecule has 1 amide bonds. The van der Waals surface area contributed by atoms with E-state index in [0.29, 0.717) is 12.8 Å². The Hall–Kier alpha value is -1.20. The number of rotatable bonds is 3. The first-order valence-corrected chi connectivity index (χ1v) is 7.31. The molecule has 0 radical (unpaired) electrons. The molecule has 20 heavy (non-hydrogen) atoms. The van der Waals surface area contributed by atoms with Gasteiger partial charge in [-0.15, -0.1) is 0 Å². The van der Waals surface area contributed by atoms with E-state index in [4.69, 9.17) is 29.6 Å². The number of nitrogens with two attached hydrogens (primary N) is 1. The van der Waals surface area contributed by atoms with E-state index in [0.717, 1.165) is 19.3 Å². The molecule has 1 aliphatic rings. The molecule has 0 saturated heterocycles. The molecule has 1 aromatic rings. The number of hydrogen-bond donors (Lipinski definition) is 2. The van der Waals surface area contributed by atoms with Gasteiger partial charge in [-0.05, 0) is 25.0 Å². The van der Waals surface area contributed by atoms with E-state index in [1.54, 1.807) is 0 Å². The Labute approximate surface area is 127 Å². The minimum Gasteiger partial charge on any atom is -0.391 e. The molecule has 0 heterocycles. The quantitative estimate of drug-likeness (QED) is 0.842. The molecule has 0 aromatic heterocycles. The molecule has 0 atom stereocenters. The molecule has 0 spiro atoms. The van der Waals surface area contributed by atoms with Crippen molar-refractivity contribution in [2.75, 3.05) is 0 Å². The second-order valence-electron chi connectivity index (χ2n) is 5.06. The highest BCUT2D eigenvalue weighted by molar-refractivity contribution is 7.80. The maximum Gasteiger partial charge on any atom is 0.255 e. The molecule has 1 aliphatic carbocycles. The second kappa shape index (κ2) is 6.06. The zero-order valence-corrected chi connectivity index (χ0v) is 12.5. The largest absolute Gasteiger partial charge is 0.391 e. The highest BCUT2D eigenvalue weighted by atomic mass is 35.5. The van der Waals surface area contributed by atoms with E-state index in [1.807, 2.05) is 0 Å². The number of benzene rings is 1. The lowest BCUT2D eigenvalue weighted by atomic mass is 9.81. The normalized spacial score (nSPS) is 17.5. The van der Waals surface area contributed by atoms with Gasteiger partial charge in [0, 0.05) is 0 Å². The van der Waals surface area contributed by atoms with Crippen LogP contribution in [0.5, 0.6) is 0 Å². The van der Waals surface area contributed by atoms with Crippen molar-refractivity contribution in [3.05, 3.63) is 34.6 Å². The van der Waals surface area contributed by atoms with Crippen molar-refractivity contribution in [2.45, 2.75) is 37.6 Å². The van der Waals surface area contributed by atoms with Crippen molar-refractivity contribution in [2.24, 2.45) is 5.73 Å². The Morgan fingerprint density at radius 3 is 2.60 bits per heavy atom. The van der Waals surface area contributed by atoms with Crippen LogP contribution in [0.15, 0.2) is 18.2 Å².